The van der Waals surface area contributed by atoms with Crippen LogP contribution in [0.15, 0.2) is 35.2 Å². The third kappa shape index (κ3) is 2.93. The van der Waals surface area contributed by atoms with Gasteiger partial charge in [-0.15, -0.1) is 0 Å². The van der Waals surface area contributed by atoms with Gasteiger partial charge in [0.2, 0.25) is 0 Å². The lowest BCUT2D eigenvalue weighted by Crippen LogP contribution is -2.14. The summed E-state index contributed by atoms with van der Waals surface area (Å²) in [5, 5.41) is 3.27. The molecule has 3 rings (SSSR count). The van der Waals surface area contributed by atoms with Crippen LogP contribution in [0.1, 0.15) is 36.3 Å². The molecule has 1 saturated carbocycles. The molecule has 5 heteroatoms. The van der Waals surface area contributed by atoms with Crippen LogP contribution in [0.5, 0.6) is 0 Å². The lowest BCUT2D eigenvalue weighted by Gasteiger charge is -2.14. The van der Waals surface area contributed by atoms with E-state index in [1.165, 1.54) is 12.8 Å². The van der Waals surface area contributed by atoms with E-state index in [1.807, 2.05) is 18.2 Å². The van der Waals surface area contributed by atoms with Crippen LogP contribution in [-0.4, -0.2) is 23.6 Å². The predicted molar refractivity (Wildman–Crippen MR) is 71.0 cm³/mol. The lowest BCUT2D eigenvalue weighted by molar-refractivity contribution is 0.0943. The van der Waals surface area contributed by atoms with Crippen LogP contribution in [0.2, 0.25) is 0 Å². The highest BCUT2D eigenvalue weighted by Gasteiger charge is 2.25. The molecule has 0 amide bonds. The van der Waals surface area contributed by atoms with E-state index in [4.69, 9.17) is 9.15 Å². The second kappa shape index (κ2) is 5.40. The number of nitrogens with zero attached hydrogens (tertiary/aromatic N) is 2. The highest BCUT2D eigenvalue weighted by atomic mass is 16.5. The molecule has 0 radical (unpaired) electrons. The summed E-state index contributed by atoms with van der Waals surface area (Å²) in [6, 6.07) is 5.79. The van der Waals surface area contributed by atoms with E-state index < -0.39 is 0 Å². The van der Waals surface area contributed by atoms with Crippen molar-refractivity contribution >= 4 is 5.82 Å². The Balaban J connectivity index is 1.63. The summed E-state index contributed by atoms with van der Waals surface area (Å²) in [4.78, 5) is 8.53. The molecular weight excluding hydrogens is 242 g/mol. The molecule has 0 spiro atoms. The Kier molecular flexibility index (Phi) is 3.46. The van der Waals surface area contributed by atoms with E-state index in [0.29, 0.717) is 12.5 Å². The molecule has 100 valence electrons. The van der Waals surface area contributed by atoms with Crippen LogP contribution >= 0.6 is 0 Å². The van der Waals surface area contributed by atoms with Crippen molar-refractivity contribution in [1.29, 1.82) is 0 Å². The molecule has 1 fully saturated rings. The van der Waals surface area contributed by atoms with Gasteiger partial charge in [0, 0.05) is 31.3 Å². The van der Waals surface area contributed by atoms with Crippen molar-refractivity contribution in [3.63, 3.8) is 0 Å². The molecular formula is C14H17N3O2. The number of nitrogens with one attached hydrogen (secondary N) is 1. The summed E-state index contributed by atoms with van der Waals surface area (Å²) in [6.45, 7) is 0.616. The first kappa shape index (κ1) is 12.2. The van der Waals surface area contributed by atoms with Crippen molar-refractivity contribution in [3.8, 4) is 0 Å². The SMILES string of the molecule is COC(CNc1cc(C2CC2)ncn1)c1ccco1. The summed E-state index contributed by atoms with van der Waals surface area (Å²) in [7, 11) is 1.67. The molecule has 1 N–H and O–H groups in total. The van der Waals surface area contributed by atoms with Crippen molar-refractivity contribution < 1.29 is 9.15 Å². The number of anilines is 1. The topological polar surface area (TPSA) is 60.2 Å². The zero-order valence-corrected chi connectivity index (χ0v) is 10.9. The van der Waals surface area contributed by atoms with Gasteiger partial charge >= 0.3 is 0 Å². The highest BCUT2D eigenvalue weighted by Crippen LogP contribution is 2.39. The normalized spacial score (nSPS) is 16.3. The van der Waals surface area contributed by atoms with Gasteiger partial charge in [0.25, 0.3) is 0 Å². The van der Waals surface area contributed by atoms with Crippen LogP contribution in [0, 0.1) is 0 Å². The van der Waals surface area contributed by atoms with E-state index in [9.17, 15) is 0 Å². The third-order valence-electron chi connectivity index (χ3n) is 3.30. The Labute approximate surface area is 112 Å². The minimum absolute atomic E-state index is 0.116. The smallest absolute Gasteiger partial charge is 0.134 e. The first-order valence-corrected chi connectivity index (χ1v) is 6.49. The van der Waals surface area contributed by atoms with E-state index in [1.54, 1.807) is 19.7 Å². The van der Waals surface area contributed by atoms with Crippen molar-refractivity contribution in [2.45, 2.75) is 24.9 Å². The van der Waals surface area contributed by atoms with Crippen LogP contribution in [0.4, 0.5) is 5.82 Å². The molecule has 1 atom stereocenters. The zero-order chi connectivity index (χ0) is 13.1. The second-order valence-electron chi connectivity index (χ2n) is 4.72. The Morgan fingerprint density at radius 1 is 1.47 bits per heavy atom. The van der Waals surface area contributed by atoms with E-state index in [0.717, 1.165) is 17.3 Å². The summed E-state index contributed by atoms with van der Waals surface area (Å²) in [5.41, 5.74) is 1.13. The summed E-state index contributed by atoms with van der Waals surface area (Å²) < 4.78 is 10.8. The monoisotopic (exact) mass is 259 g/mol. The predicted octanol–water partition coefficient (Wildman–Crippen LogP) is 2.75. The number of methoxy groups -OCH3 is 1. The molecule has 2 aromatic heterocycles. The Bertz CT molecular complexity index is 523. The Morgan fingerprint density at radius 2 is 2.37 bits per heavy atom. The van der Waals surface area contributed by atoms with E-state index >= 15 is 0 Å². The summed E-state index contributed by atoms with van der Waals surface area (Å²) in [6.07, 6.45) is 5.63. The van der Waals surface area contributed by atoms with Gasteiger partial charge in [0.1, 0.15) is 24.0 Å². The quantitative estimate of drug-likeness (QED) is 0.864. The van der Waals surface area contributed by atoms with Crippen molar-refractivity contribution in [1.82, 2.24) is 9.97 Å². The van der Waals surface area contributed by atoms with Crippen molar-refractivity contribution in [2.75, 3.05) is 19.0 Å². The molecule has 2 aromatic rings. The molecule has 19 heavy (non-hydrogen) atoms. The van der Waals surface area contributed by atoms with Crippen LogP contribution in [0.25, 0.3) is 0 Å². The Hall–Kier alpha value is -1.88. The van der Waals surface area contributed by atoms with Gasteiger partial charge in [-0.1, -0.05) is 0 Å². The average molecular weight is 259 g/mol. The molecule has 1 aliphatic carbocycles. The van der Waals surface area contributed by atoms with Crippen molar-refractivity contribution in [2.24, 2.45) is 0 Å². The van der Waals surface area contributed by atoms with Crippen LogP contribution in [0.3, 0.4) is 0 Å². The maximum Gasteiger partial charge on any atom is 0.134 e. The minimum Gasteiger partial charge on any atom is -0.467 e. The van der Waals surface area contributed by atoms with Crippen LogP contribution < -0.4 is 5.32 Å². The molecule has 0 aromatic carbocycles. The number of furan rings is 1. The van der Waals surface area contributed by atoms with Crippen LogP contribution in [-0.2, 0) is 4.74 Å². The fraction of sp³-hybridized carbons (Fsp3) is 0.429. The maximum absolute atomic E-state index is 5.41. The molecule has 0 saturated heterocycles. The van der Waals surface area contributed by atoms with Gasteiger partial charge in [-0.05, 0) is 25.0 Å². The average Bonchev–Trinajstić information content (AvgIpc) is 3.17. The molecule has 1 aliphatic rings. The first-order valence-electron chi connectivity index (χ1n) is 6.49. The Morgan fingerprint density at radius 3 is 3.05 bits per heavy atom. The van der Waals surface area contributed by atoms with Gasteiger partial charge in [0.05, 0.1) is 6.26 Å². The fourth-order valence-electron chi connectivity index (χ4n) is 2.04. The van der Waals surface area contributed by atoms with Gasteiger partial charge < -0.3 is 14.5 Å². The van der Waals surface area contributed by atoms with E-state index in [-0.39, 0.29) is 6.10 Å². The standard InChI is InChI=1S/C14H17N3O2/c1-18-13(12-3-2-6-19-12)8-15-14-7-11(10-4-5-10)16-9-17-14/h2-3,6-7,9-10,13H,4-5,8H2,1H3,(H,15,16,17). The first-order chi connectivity index (χ1) is 9.36. The number of ether oxygens (including phenoxy) is 1. The van der Waals surface area contributed by atoms with Gasteiger partial charge in [0.15, 0.2) is 0 Å². The number of hydrogen-bond donors (Lipinski definition) is 1. The number of aromatic nitrogens is 2. The second-order valence-corrected chi connectivity index (χ2v) is 4.72. The molecule has 5 nitrogen and oxygen atoms in total. The fourth-order valence-corrected chi connectivity index (χ4v) is 2.04. The number of rotatable bonds is 6. The maximum atomic E-state index is 5.41. The zero-order valence-electron chi connectivity index (χ0n) is 10.9. The minimum atomic E-state index is -0.116. The molecule has 0 bridgehead atoms. The van der Waals surface area contributed by atoms with Gasteiger partial charge in [-0.25, -0.2) is 9.97 Å². The van der Waals surface area contributed by atoms with Crippen molar-refractivity contribution in [3.05, 3.63) is 42.2 Å². The molecule has 2 heterocycles. The van der Waals surface area contributed by atoms with Gasteiger partial charge in [-0.3, -0.25) is 0 Å². The third-order valence-corrected chi connectivity index (χ3v) is 3.30. The summed E-state index contributed by atoms with van der Waals surface area (Å²) in [5.74, 6) is 2.28. The largest absolute Gasteiger partial charge is 0.467 e. The lowest BCUT2D eigenvalue weighted by atomic mass is 10.2. The van der Waals surface area contributed by atoms with E-state index in [2.05, 4.69) is 15.3 Å². The summed E-state index contributed by atoms with van der Waals surface area (Å²) >= 11 is 0. The molecule has 0 aliphatic heterocycles. The molecule has 1 unspecified atom stereocenters. The highest BCUT2D eigenvalue weighted by molar-refractivity contribution is 5.37. The number of hydrogen-bond acceptors (Lipinski definition) is 5. The van der Waals surface area contributed by atoms with Gasteiger partial charge in [-0.2, -0.15) is 0 Å².